The van der Waals surface area contributed by atoms with Crippen molar-refractivity contribution < 1.29 is 9.59 Å². The van der Waals surface area contributed by atoms with Crippen LogP contribution in [0, 0.1) is 5.92 Å². The summed E-state index contributed by atoms with van der Waals surface area (Å²) < 4.78 is 0. The first-order chi connectivity index (χ1) is 13.5. The van der Waals surface area contributed by atoms with Crippen molar-refractivity contribution in [2.75, 3.05) is 11.1 Å². The van der Waals surface area contributed by atoms with E-state index in [9.17, 15) is 9.59 Å². The van der Waals surface area contributed by atoms with E-state index >= 15 is 0 Å². The Morgan fingerprint density at radius 1 is 1.25 bits per heavy atom. The van der Waals surface area contributed by atoms with Gasteiger partial charge in [0.25, 0.3) is 5.91 Å². The fourth-order valence-corrected chi connectivity index (χ4v) is 4.10. The Balaban J connectivity index is 1.59. The monoisotopic (exact) mass is 394 g/mol. The van der Waals surface area contributed by atoms with Gasteiger partial charge < -0.3 is 15.6 Å². The lowest BCUT2D eigenvalue weighted by molar-refractivity contribution is -0.113. The average molecular weight is 395 g/mol. The number of rotatable bonds is 5. The van der Waals surface area contributed by atoms with Crippen LogP contribution >= 0.6 is 11.8 Å². The zero-order valence-corrected chi connectivity index (χ0v) is 16.6. The first-order valence-electron chi connectivity index (χ1n) is 9.32. The zero-order valence-electron chi connectivity index (χ0n) is 15.8. The fourth-order valence-electron chi connectivity index (χ4n) is 3.31. The van der Waals surface area contributed by atoms with E-state index in [2.05, 4.69) is 34.4 Å². The first-order valence-corrected chi connectivity index (χ1v) is 10.3. The molecule has 4 rings (SSSR count). The highest BCUT2D eigenvalue weighted by Gasteiger charge is 2.22. The molecule has 144 valence electrons. The van der Waals surface area contributed by atoms with Crippen molar-refractivity contribution in [2.45, 2.75) is 31.2 Å². The summed E-state index contributed by atoms with van der Waals surface area (Å²) in [5, 5.41) is 5.94. The Morgan fingerprint density at radius 2 is 2.07 bits per heavy atom. The third-order valence-electron chi connectivity index (χ3n) is 4.62. The molecule has 1 aliphatic rings. The summed E-state index contributed by atoms with van der Waals surface area (Å²) in [5.41, 5.74) is 3.05. The number of amides is 2. The van der Waals surface area contributed by atoms with Gasteiger partial charge in [0.05, 0.1) is 28.5 Å². The van der Waals surface area contributed by atoms with Crippen molar-refractivity contribution in [3.63, 3.8) is 0 Å². The smallest absolute Gasteiger partial charge is 0.251 e. The number of para-hydroxylation sites is 2. The molecule has 2 amide bonds. The van der Waals surface area contributed by atoms with E-state index in [0.717, 1.165) is 28.2 Å². The minimum Gasteiger partial charge on any atom is -0.342 e. The lowest BCUT2D eigenvalue weighted by atomic mass is 10.0. The Labute approximate surface area is 167 Å². The predicted molar refractivity (Wildman–Crippen MR) is 112 cm³/mol. The van der Waals surface area contributed by atoms with Gasteiger partial charge in [0, 0.05) is 10.5 Å². The van der Waals surface area contributed by atoms with Crippen LogP contribution in [0.15, 0.2) is 47.4 Å². The molecule has 3 N–H and O–H groups in total. The second-order valence-corrected chi connectivity index (χ2v) is 8.36. The third kappa shape index (κ3) is 3.89. The molecule has 1 aliphatic heterocycles. The van der Waals surface area contributed by atoms with Crippen molar-refractivity contribution in [3.8, 4) is 0 Å². The molecule has 2 heterocycles. The Bertz CT molecular complexity index is 1010. The predicted octanol–water partition coefficient (Wildman–Crippen LogP) is 4.12. The quantitative estimate of drug-likeness (QED) is 0.607. The number of thioether (sulfide) groups is 1. The van der Waals surface area contributed by atoms with Crippen LogP contribution in [-0.2, 0) is 4.79 Å². The molecule has 1 atom stereocenters. The van der Waals surface area contributed by atoms with Gasteiger partial charge in [0.2, 0.25) is 5.91 Å². The number of aromatic nitrogens is 2. The number of hydrogen-bond donors (Lipinski definition) is 3. The van der Waals surface area contributed by atoms with Gasteiger partial charge in [0.15, 0.2) is 0 Å². The molecule has 0 fully saturated rings. The van der Waals surface area contributed by atoms with Gasteiger partial charge in [-0.1, -0.05) is 26.0 Å². The molecule has 0 saturated carbocycles. The van der Waals surface area contributed by atoms with Crippen LogP contribution in [0.25, 0.3) is 11.0 Å². The fraction of sp³-hybridized carbons (Fsp3) is 0.286. The van der Waals surface area contributed by atoms with Crippen LogP contribution in [0.3, 0.4) is 0 Å². The van der Waals surface area contributed by atoms with E-state index in [1.54, 1.807) is 12.1 Å². The number of imidazole rings is 1. The number of benzene rings is 2. The number of fused-ring (bicyclic) bond motifs is 2. The number of carbonyl (C=O) groups is 2. The van der Waals surface area contributed by atoms with E-state index < -0.39 is 0 Å². The van der Waals surface area contributed by atoms with Crippen molar-refractivity contribution in [1.29, 1.82) is 0 Å². The summed E-state index contributed by atoms with van der Waals surface area (Å²) in [4.78, 5) is 33.5. The second-order valence-electron chi connectivity index (χ2n) is 7.34. The molecule has 2 aromatic carbocycles. The minimum absolute atomic E-state index is 0.0463. The van der Waals surface area contributed by atoms with E-state index in [0.29, 0.717) is 22.9 Å². The number of carbonyl (C=O) groups excluding carboxylic acids is 2. The maximum absolute atomic E-state index is 12.9. The molecular formula is C21H22N4O2S. The third-order valence-corrected chi connectivity index (χ3v) is 5.70. The van der Waals surface area contributed by atoms with Crippen molar-refractivity contribution in [1.82, 2.24) is 15.3 Å². The van der Waals surface area contributed by atoms with Crippen LogP contribution < -0.4 is 10.6 Å². The standard InChI is InChI=1S/C21H22N4O2S/c1-12(2)9-17(20-23-14-5-3-4-6-15(14)24-20)25-21(27)13-7-8-18-16(10-13)22-19(26)11-28-18/h3-8,10,12,17H,9,11H2,1-2H3,(H,22,26)(H,23,24)(H,25,27). The summed E-state index contributed by atoms with van der Waals surface area (Å²) >= 11 is 1.48. The SMILES string of the molecule is CC(C)CC(NC(=O)c1ccc2c(c1)NC(=O)CS2)c1nc2ccccc2[nH]1. The molecule has 3 aromatic rings. The number of hydrogen-bond acceptors (Lipinski definition) is 4. The zero-order chi connectivity index (χ0) is 19.7. The van der Waals surface area contributed by atoms with Crippen molar-refractivity contribution in [2.24, 2.45) is 5.92 Å². The number of nitrogens with zero attached hydrogens (tertiary/aromatic N) is 1. The summed E-state index contributed by atoms with van der Waals surface area (Å²) in [6, 6.07) is 13.0. The molecule has 1 unspecified atom stereocenters. The first kappa shape index (κ1) is 18.6. The highest BCUT2D eigenvalue weighted by atomic mass is 32.2. The highest BCUT2D eigenvalue weighted by molar-refractivity contribution is 8.00. The molecule has 0 radical (unpaired) electrons. The van der Waals surface area contributed by atoms with E-state index in [-0.39, 0.29) is 17.9 Å². The lowest BCUT2D eigenvalue weighted by Crippen LogP contribution is -2.30. The normalized spacial score (nSPS) is 14.6. The molecule has 0 bridgehead atoms. The Morgan fingerprint density at radius 3 is 2.86 bits per heavy atom. The summed E-state index contributed by atoms with van der Waals surface area (Å²) in [5.74, 6) is 1.32. The largest absolute Gasteiger partial charge is 0.342 e. The Kier molecular flexibility index (Phi) is 5.09. The van der Waals surface area contributed by atoms with Crippen LogP contribution in [0.4, 0.5) is 5.69 Å². The molecule has 0 spiro atoms. The van der Waals surface area contributed by atoms with Gasteiger partial charge >= 0.3 is 0 Å². The molecule has 28 heavy (non-hydrogen) atoms. The number of H-pyrrole nitrogens is 1. The molecular weight excluding hydrogens is 372 g/mol. The van der Waals surface area contributed by atoms with Crippen molar-refractivity contribution >= 4 is 40.3 Å². The van der Waals surface area contributed by atoms with E-state index in [4.69, 9.17) is 0 Å². The van der Waals surface area contributed by atoms with E-state index in [1.807, 2.05) is 30.3 Å². The van der Waals surface area contributed by atoms with Crippen LogP contribution in [0.2, 0.25) is 0 Å². The van der Waals surface area contributed by atoms with Gasteiger partial charge in [-0.2, -0.15) is 0 Å². The van der Waals surface area contributed by atoms with Gasteiger partial charge in [-0.05, 0) is 42.7 Å². The number of anilines is 1. The van der Waals surface area contributed by atoms with Gasteiger partial charge in [-0.3, -0.25) is 9.59 Å². The minimum atomic E-state index is -0.222. The topological polar surface area (TPSA) is 86.9 Å². The molecule has 0 aliphatic carbocycles. The van der Waals surface area contributed by atoms with Crippen molar-refractivity contribution in [3.05, 3.63) is 53.9 Å². The average Bonchev–Trinajstić information content (AvgIpc) is 3.10. The van der Waals surface area contributed by atoms with Gasteiger partial charge in [-0.15, -0.1) is 11.8 Å². The second kappa shape index (κ2) is 7.67. The Hall–Kier alpha value is -2.80. The molecule has 0 saturated heterocycles. The van der Waals surface area contributed by atoms with Gasteiger partial charge in [0.1, 0.15) is 5.82 Å². The molecule has 1 aromatic heterocycles. The maximum atomic E-state index is 12.9. The van der Waals surface area contributed by atoms with Crippen LogP contribution in [0.5, 0.6) is 0 Å². The molecule has 7 heteroatoms. The van der Waals surface area contributed by atoms with Gasteiger partial charge in [-0.25, -0.2) is 4.98 Å². The molecule has 6 nitrogen and oxygen atoms in total. The van der Waals surface area contributed by atoms with E-state index in [1.165, 1.54) is 11.8 Å². The summed E-state index contributed by atoms with van der Waals surface area (Å²) in [7, 11) is 0. The number of nitrogens with one attached hydrogen (secondary N) is 3. The lowest BCUT2D eigenvalue weighted by Gasteiger charge is -2.20. The highest BCUT2D eigenvalue weighted by Crippen LogP contribution is 2.32. The van der Waals surface area contributed by atoms with Crippen LogP contribution in [-0.4, -0.2) is 27.5 Å². The maximum Gasteiger partial charge on any atom is 0.251 e. The summed E-state index contributed by atoms with van der Waals surface area (Å²) in [6.07, 6.45) is 0.767. The van der Waals surface area contributed by atoms with Crippen LogP contribution in [0.1, 0.15) is 42.5 Å². The summed E-state index contributed by atoms with van der Waals surface area (Å²) in [6.45, 7) is 4.24. The number of aromatic amines is 1.